The molecule has 12 heavy (non-hydrogen) atoms. The van der Waals surface area contributed by atoms with Crippen LogP contribution in [0.1, 0.15) is 11.1 Å². The standard InChI is InChI=1S/C10H11ClO/c11-7-1-2-9-3-5-10(8-12)6-4-9/h1,3-7,12H,2,8H2. The lowest BCUT2D eigenvalue weighted by molar-refractivity contribution is 0.282. The number of benzene rings is 1. The highest BCUT2D eigenvalue weighted by Crippen LogP contribution is 2.05. The summed E-state index contributed by atoms with van der Waals surface area (Å²) in [4.78, 5) is 0. The Labute approximate surface area is 77.3 Å². The molecule has 0 amide bonds. The SMILES string of the molecule is OCc1ccc(CC=CCl)cc1. The Hall–Kier alpha value is -0.790. The minimum Gasteiger partial charge on any atom is -0.392 e. The topological polar surface area (TPSA) is 20.2 Å². The third-order valence-electron chi connectivity index (χ3n) is 1.65. The molecule has 1 N–H and O–H groups in total. The summed E-state index contributed by atoms with van der Waals surface area (Å²) < 4.78 is 0. The molecule has 0 aliphatic rings. The molecular weight excluding hydrogens is 172 g/mol. The molecule has 0 saturated carbocycles. The fraction of sp³-hybridized carbons (Fsp3) is 0.200. The molecule has 0 heterocycles. The molecule has 1 aromatic carbocycles. The first kappa shape index (κ1) is 9.30. The van der Waals surface area contributed by atoms with Crippen molar-refractivity contribution < 1.29 is 5.11 Å². The van der Waals surface area contributed by atoms with E-state index in [1.54, 1.807) is 0 Å². The monoisotopic (exact) mass is 182 g/mol. The molecule has 1 rings (SSSR count). The van der Waals surface area contributed by atoms with Gasteiger partial charge >= 0.3 is 0 Å². The third kappa shape index (κ3) is 2.68. The number of allylic oxidation sites excluding steroid dienone is 1. The quantitative estimate of drug-likeness (QED) is 0.762. The molecule has 0 aliphatic heterocycles. The van der Waals surface area contributed by atoms with E-state index in [9.17, 15) is 0 Å². The van der Waals surface area contributed by atoms with Crippen LogP contribution in [0.15, 0.2) is 35.9 Å². The smallest absolute Gasteiger partial charge is 0.0681 e. The lowest BCUT2D eigenvalue weighted by Gasteiger charge is -1.97. The van der Waals surface area contributed by atoms with Crippen LogP contribution in [-0.4, -0.2) is 5.11 Å². The number of aliphatic hydroxyl groups is 1. The predicted octanol–water partition coefficient (Wildman–Crippen LogP) is 2.47. The van der Waals surface area contributed by atoms with E-state index in [0.29, 0.717) is 0 Å². The Balaban J connectivity index is 2.64. The molecule has 1 nitrogen and oxygen atoms in total. The van der Waals surface area contributed by atoms with Crippen molar-refractivity contribution in [1.82, 2.24) is 0 Å². The van der Waals surface area contributed by atoms with Gasteiger partial charge in [0.1, 0.15) is 0 Å². The highest BCUT2D eigenvalue weighted by Gasteiger charge is 1.90. The van der Waals surface area contributed by atoms with Gasteiger partial charge in [-0.3, -0.25) is 0 Å². The molecule has 0 saturated heterocycles. The van der Waals surface area contributed by atoms with Crippen molar-refractivity contribution in [3.05, 3.63) is 47.0 Å². The van der Waals surface area contributed by atoms with Gasteiger partial charge in [-0.25, -0.2) is 0 Å². The summed E-state index contributed by atoms with van der Waals surface area (Å²) in [6, 6.07) is 7.81. The zero-order valence-corrected chi connectivity index (χ0v) is 7.46. The molecule has 0 spiro atoms. The van der Waals surface area contributed by atoms with Gasteiger partial charge < -0.3 is 5.11 Å². The Morgan fingerprint density at radius 1 is 1.17 bits per heavy atom. The van der Waals surface area contributed by atoms with E-state index in [2.05, 4.69) is 0 Å². The lowest BCUT2D eigenvalue weighted by Crippen LogP contribution is -1.84. The first-order valence-electron chi connectivity index (χ1n) is 3.80. The van der Waals surface area contributed by atoms with Crippen LogP contribution >= 0.6 is 11.6 Å². The van der Waals surface area contributed by atoms with Crippen molar-refractivity contribution in [2.75, 3.05) is 0 Å². The van der Waals surface area contributed by atoms with Crippen molar-refractivity contribution in [2.24, 2.45) is 0 Å². The van der Waals surface area contributed by atoms with Crippen LogP contribution in [-0.2, 0) is 13.0 Å². The van der Waals surface area contributed by atoms with Gasteiger partial charge in [0.15, 0.2) is 0 Å². The van der Waals surface area contributed by atoms with E-state index in [1.165, 1.54) is 11.1 Å². The number of aliphatic hydroxyl groups excluding tert-OH is 1. The van der Waals surface area contributed by atoms with Crippen molar-refractivity contribution >= 4 is 11.6 Å². The Morgan fingerprint density at radius 3 is 2.25 bits per heavy atom. The van der Waals surface area contributed by atoms with Gasteiger partial charge in [-0.2, -0.15) is 0 Å². The van der Waals surface area contributed by atoms with E-state index >= 15 is 0 Å². The molecule has 0 radical (unpaired) electrons. The van der Waals surface area contributed by atoms with Crippen molar-refractivity contribution in [1.29, 1.82) is 0 Å². The maximum absolute atomic E-state index is 8.77. The second kappa shape index (κ2) is 4.96. The zero-order valence-electron chi connectivity index (χ0n) is 6.70. The normalized spacial score (nSPS) is 10.8. The van der Waals surface area contributed by atoms with Gasteiger partial charge in [0.2, 0.25) is 0 Å². The molecule has 64 valence electrons. The second-order valence-corrected chi connectivity index (χ2v) is 2.79. The zero-order chi connectivity index (χ0) is 8.81. The van der Waals surface area contributed by atoms with E-state index in [-0.39, 0.29) is 6.61 Å². The first-order valence-corrected chi connectivity index (χ1v) is 4.24. The lowest BCUT2D eigenvalue weighted by atomic mass is 10.1. The van der Waals surface area contributed by atoms with Crippen LogP contribution in [0.3, 0.4) is 0 Å². The van der Waals surface area contributed by atoms with Gasteiger partial charge in [0, 0.05) is 5.54 Å². The Bertz CT molecular complexity index is 251. The second-order valence-electron chi connectivity index (χ2n) is 2.54. The summed E-state index contributed by atoms with van der Waals surface area (Å²) in [6.45, 7) is 0.103. The van der Waals surface area contributed by atoms with Crippen LogP contribution in [0.5, 0.6) is 0 Å². The summed E-state index contributed by atoms with van der Waals surface area (Å²) in [5, 5.41) is 8.77. The molecule has 0 atom stereocenters. The number of halogens is 1. The van der Waals surface area contributed by atoms with Crippen LogP contribution in [0, 0.1) is 0 Å². The van der Waals surface area contributed by atoms with Crippen molar-refractivity contribution in [3.63, 3.8) is 0 Å². The van der Waals surface area contributed by atoms with Crippen LogP contribution in [0.4, 0.5) is 0 Å². The summed E-state index contributed by atoms with van der Waals surface area (Å²) in [6.07, 6.45) is 2.73. The minimum atomic E-state index is 0.103. The summed E-state index contributed by atoms with van der Waals surface area (Å²) in [7, 11) is 0. The fourth-order valence-electron chi connectivity index (χ4n) is 0.961. The van der Waals surface area contributed by atoms with Gasteiger partial charge in [-0.15, -0.1) is 0 Å². The molecule has 1 aromatic rings. The molecule has 0 aliphatic carbocycles. The van der Waals surface area contributed by atoms with E-state index in [0.717, 1.165) is 12.0 Å². The van der Waals surface area contributed by atoms with Gasteiger partial charge in [-0.05, 0) is 17.5 Å². The third-order valence-corrected chi connectivity index (χ3v) is 1.83. The maximum Gasteiger partial charge on any atom is 0.0681 e. The van der Waals surface area contributed by atoms with E-state index in [4.69, 9.17) is 16.7 Å². The minimum absolute atomic E-state index is 0.103. The average molecular weight is 183 g/mol. The van der Waals surface area contributed by atoms with Crippen LogP contribution in [0.25, 0.3) is 0 Å². The Morgan fingerprint density at radius 2 is 1.75 bits per heavy atom. The highest BCUT2D eigenvalue weighted by molar-refractivity contribution is 6.25. The number of hydrogen-bond acceptors (Lipinski definition) is 1. The molecule has 2 heteroatoms. The number of rotatable bonds is 3. The van der Waals surface area contributed by atoms with Gasteiger partial charge in [0.05, 0.1) is 6.61 Å². The summed E-state index contributed by atoms with van der Waals surface area (Å²) in [5.41, 5.74) is 3.65. The molecule has 0 unspecified atom stereocenters. The fourth-order valence-corrected chi connectivity index (χ4v) is 1.05. The Kier molecular flexibility index (Phi) is 3.85. The first-order chi connectivity index (χ1) is 5.86. The average Bonchev–Trinajstić information content (AvgIpc) is 2.15. The molecule has 0 aromatic heterocycles. The largest absolute Gasteiger partial charge is 0.392 e. The van der Waals surface area contributed by atoms with Crippen LogP contribution in [0.2, 0.25) is 0 Å². The number of hydrogen-bond donors (Lipinski definition) is 1. The van der Waals surface area contributed by atoms with Gasteiger partial charge in [-0.1, -0.05) is 41.9 Å². The van der Waals surface area contributed by atoms with E-state index < -0.39 is 0 Å². The van der Waals surface area contributed by atoms with Crippen molar-refractivity contribution in [3.8, 4) is 0 Å². The molecule has 0 bridgehead atoms. The molecular formula is C10H11ClO. The van der Waals surface area contributed by atoms with E-state index in [1.807, 2.05) is 30.3 Å². The van der Waals surface area contributed by atoms with Crippen LogP contribution < -0.4 is 0 Å². The van der Waals surface area contributed by atoms with Crippen molar-refractivity contribution in [2.45, 2.75) is 13.0 Å². The molecule has 0 fully saturated rings. The summed E-state index contributed by atoms with van der Waals surface area (Å²) >= 11 is 5.39. The van der Waals surface area contributed by atoms with Gasteiger partial charge in [0.25, 0.3) is 0 Å². The maximum atomic E-state index is 8.77. The predicted molar refractivity (Wildman–Crippen MR) is 51.1 cm³/mol. The highest BCUT2D eigenvalue weighted by atomic mass is 35.5. The summed E-state index contributed by atoms with van der Waals surface area (Å²) in [5.74, 6) is 0.